The maximum absolute atomic E-state index is 6.20. The quantitative estimate of drug-likeness (QED) is 0.903. The summed E-state index contributed by atoms with van der Waals surface area (Å²) in [4.78, 5) is 0. The Morgan fingerprint density at radius 1 is 1.18 bits per heavy atom. The smallest absolute Gasteiger partial charge is 0.179 e. The van der Waals surface area contributed by atoms with Crippen molar-refractivity contribution < 1.29 is 9.47 Å². The van der Waals surface area contributed by atoms with Gasteiger partial charge in [-0.15, -0.1) is 0 Å². The average molecular weight is 258 g/mol. The van der Waals surface area contributed by atoms with Crippen molar-refractivity contribution in [1.82, 2.24) is 0 Å². The first-order chi connectivity index (χ1) is 7.81. The standard InChI is InChI=1S/C13H20ClNO2/c1-13(2,3)12(15)8-6-9(14)11(17-5)10(7-8)16-4/h6-7,12H,15H2,1-5H3. The molecule has 1 aromatic carbocycles. The van der Waals surface area contributed by atoms with E-state index in [2.05, 4.69) is 20.8 Å². The van der Waals surface area contributed by atoms with Crippen molar-refractivity contribution in [1.29, 1.82) is 0 Å². The van der Waals surface area contributed by atoms with Crippen molar-refractivity contribution in [3.05, 3.63) is 22.7 Å². The average Bonchev–Trinajstić information content (AvgIpc) is 2.25. The molecule has 0 bridgehead atoms. The summed E-state index contributed by atoms with van der Waals surface area (Å²) in [5.41, 5.74) is 7.11. The number of hydrogen-bond acceptors (Lipinski definition) is 3. The molecule has 0 spiro atoms. The van der Waals surface area contributed by atoms with Crippen molar-refractivity contribution in [3.8, 4) is 11.5 Å². The first-order valence-electron chi connectivity index (χ1n) is 5.48. The molecular formula is C13H20ClNO2. The largest absolute Gasteiger partial charge is 0.493 e. The molecule has 0 aliphatic heterocycles. The summed E-state index contributed by atoms with van der Waals surface area (Å²) in [5, 5.41) is 0.515. The van der Waals surface area contributed by atoms with Crippen LogP contribution in [0.3, 0.4) is 0 Å². The van der Waals surface area contributed by atoms with Crippen molar-refractivity contribution in [2.24, 2.45) is 11.1 Å². The molecule has 17 heavy (non-hydrogen) atoms. The fraction of sp³-hybridized carbons (Fsp3) is 0.538. The lowest BCUT2D eigenvalue weighted by Crippen LogP contribution is -2.26. The van der Waals surface area contributed by atoms with Gasteiger partial charge in [0.05, 0.1) is 19.2 Å². The molecule has 1 atom stereocenters. The van der Waals surface area contributed by atoms with Crippen LogP contribution in [0.2, 0.25) is 5.02 Å². The minimum Gasteiger partial charge on any atom is -0.493 e. The monoisotopic (exact) mass is 257 g/mol. The predicted octanol–water partition coefficient (Wildman–Crippen LogP) is 3.40. The number of benzene rings is 1. The van der Waals surface area contributed by atoms with Gasteiger partial charge in [-0.2, -0.15) is 0 Å². The van der Waals surface area contributed by atoms with Gasteiger partial charge >= 0.3 is 0 Å². The van der Waals surface area contributed by atoms with Crippen LogP contribution in [0.4, 0.5) is 0 Å². The van der Waals surface area contributed by atoms with E-state index in [1.807, 2.05) is 12.1 Å². The molecule has 4 heteroatoms. The van der Waals surface area contributed by atoms with Crippen LogP contribution in [0.5, 0.6) is 11.5 Å². The van der Waals surface area contributed by atoms with Crippen molar-refractivity contribution in [3.63, 3.8) is 0 Å². The molecule has 0 saturated heterocycles. The summed E-state index contributed by atoms with van der Waals surface area (Å²) in [5.74, 6) is 1.15. The van der Waals surface area contributed by atoms with E-state index in [0.717, 1.165) is 5.56 Å². The second kappa shape index (κ2) is 5.15. The van der Waals surface area contributed by atoms with Crippen LogP contribution in [0.25, 0.3) is 0 Å². The Hall–Kier alpha value is -0.930. The van der Waals surface area contributed by atoms with Crippen LogP contribution >= 0.6 is 11.6 Å². The molecule has 0 aromatic heterocycles. The lowest BCUT2D eigenvalue weighted by Gasteiger charge is -2.28. The zero-order valence-electron chi connectivity index (χ0n) is 11.0. The zero-order valence-corrected chi connectivity index (χ0v) is 11.8. The molecular weight excluding hydrogens is 238 g/mol. The number of hydrogen-bond donors (Lipinski definition) is 1. The van der Waals surface area contributed by atoms with E-state index in [4.69, 9.17) is 26.8 Å². The summed E-state index contributed by atoms with van der Waals surface area (Å²) in [6.07, 6.45) is 0. The van der Waals surface area contributed by atoms with Crippen LogP contribution in [0.1, 0.15) is 32.4 Å². The highest BCUT2D eigenvalue weighted by Crippen LogP contribution is 2.40. The first-order valence-corrected chi connectivity index (χ1v) is 5.86. The fourth-order valence-electron chi connectivity index (χ4n) is 1.62. The lowest BCUT2D eigenvalue weighted by atomic mass is 9.83. The third-order valence-corrected chi connectivity index (χ3v) is 3.03. The van der Waals surface area contributed by atoms with E-state index in [1.165, 1.54) is 0 Å². The van der Waals surface area contributed by atoms with E-state index in [0.29, 0.717) is 16.5 Å². The second-order valence-electron chi connectivity index (χ2n) is 5.08. The summed E-state index contributed by atoms with van der Waals surface area (Å²) in [6, 6.07) is 3.60. The molecule has 0 saturated carbocycles. The third kappa shape index (κ3) is 3.05. The van der Waals surface area contributed by atoms with Crippen LogP contribution in [-0.2, 0) is 0 Å². The molecule has 1 aromatic rings. The van der Waals surface area contributed by atoms with Gasteiger partial charge in [-0.05, 0) is 23.1 Å². The second-order valence-corrected chi connectivity index (χ2v) is 5.49. The summed E-state index contributed by atoms with van der Waals surface area (Å²) >= 11 is 6.15. The molecule has 0 heterocycles. The highest BCUT2D eigenvalue weighted by molar-refractivity contribution is 6.32. The minimum absolute atomic E-state index is 0.0388. The van der Waals surface area contributed by atoms with E-state index >= 15 is 0 Å². The molecule has 0 amide bonds. The Morgan fingerprint density at radius 3 is 2.18 bits per heavy atom. The van der Waals surface area contributed by atoms with Gasteiger partial charge in [0, 0.05) is 6.04 Å². The fourth-order valence-corrected chi connectivity index (χ4v) is 1.91. The zero-order chi connectivity index (χ0) is 13.2. The molecule has 96 valence electrons. The van der Waals surface area contributed by atoms with E-state index < -0.39 is 0 Å². The van der Waals surface area contributed by atoms with Gasteiger partial charge in [-0.25, -0.2) is 0 Å². The Labute approximate surface area is 108 Å². The van der Waals surface area contributed by atoms with Gasteiger partial charge in [-0.1, -0.05) is 32.4 Å². The van der Waals surface area contributed by atoms with Crippen molar-refractivity contribution in [2.75, 3.05) is 14.2 Å². The van der Waals surface area contributed by atoms with Crippen LogP contribution in [0, 0.1) is 5.41 Å². The maximum Gasteiger partial charge on any atom is 0.179 e. The van der Waals surface area contributed by atoms with Crippen molar-refractivity contribution >= 4 is 11.6 Å². The van der Waals surface area contributed by atoms with Crippen LogP contribution < -0.4 is 15.2 Å². The number of methoxy groups -OCH3 is 2. The number of nitrogens with two attached hydrogens (primary N) is 1. The summed E-state index contributed by atoms with van der Waals surface area (Å²) < 4.78 is 10.4. The maximum atomic E-state index is 6.20. The van der Waals surface area contributed by atoms with Crippen LogP contribution in [0.15, 0.2) is 12.1 Å². The lowest BCUT2D eigenvalue weighted by molar-refractivity contribution is 0.322. The molecule has 1 rings (SSSR count). The normalized spacial score (nSPS) is 13.4. The highest BCUT2D eigenvalue weighted by Gasteiger charge is 2.24. The van der Waals surface area contributed by atoms with Gasteiger partial charge in [0.1, 0.15) is 0 Å². The topological polar surface area (TPSA) is 44.5 Å². The van der Waals surface area contributed by atoms with E-state index in [9.17, 15) is 0 Å². The third-order valence-electron chi connectivity index (χ3n) is 2.75. The van der Waals surface area contributed by atoms with Gasteiger partial charge in [0.25, 0.3) is 0 Å². The number of rotatable bonds is 3. The Morgan fingerprint density at radius 2 is 1.76 bits per heavy atom. The number of halogens is 1. The van der Waals surface area contributed by atoms with Gasteiger partial charge in [-0.3, -0.25) is 0 Å². The number of ether oxygens (including phenoxy) is 2. The van der Waals surface area contributed by atoms with Gasteiger partial charge in [0.15, 0.2) is 11.5 Å². The van der Waals surface area contributed by atoms with E-state index in [-0.39, 0.29) is 11.5 Å². The van der Waals surface area contributed by atoms with Crippen molar-refractivity contribution in [2.45, 2.75) is 26.8 Å². The molecule has 3 nitrogen and oxygen atoms in total. The molecule has 0 fully saturated rings. The van der Waals surface area contributed by atoms with Crippen LogP contribution in [-0.4, -0.2) is 14.2 Å². The van der Waals surface area contributed by atoms with Gasteiger partial charge < -0.3 is 15.2 Å². The molecule has 0 radical (unpaired) electrons. The molecule has 0 aliphatic rings. The molecule has 2 N–H and O–H groups in total. The summed E-state index contributed by atoms with van der Waals surface area (Å²) in [7, 11) is 3.15. The SMILES string of the molecule is COc1cc(C(N)C(C)(C)C)cc(Cl)c1OC. The molecule has 0 aliphatic carbocycles. The first kappa shape index (κ1) is 14.1. The van der Waals surface area contributed by atoms with Gasteiger partial charge in [0.2, 0.25) is 0 Å². The minimum atomic E-state index is -0.111. The summed E-state index contributed by atoms with van der Waals surface area (Å²) in [6.45, 7) is 6.26. The Kier molecular flexibility index (Phi) is 4.28. The predicted molar refractivity (Wildman–Crippen MR) is 70.9 cm³/mol. The molecule has 1 unspecified atom stereocenters. The van der Waals surface area contributed by atoms with E-state index in [1.54, 1.807) is 14.2 Å². The Bertz CT molecular complexity index is 399. The highest BCUT2D eigenvalue weighted by atomic mass is 35.5. The Balaban J connectivity index is 3.25.